The van der Waals surface area contributed by atoms with Gasteiger partial charge in [0.25, 0.3) is 0 Å². The molecular weight excluding hydrogens is 194 g/mol. The second-order valence-electron chi connectivity index (χ2n) is 4.32. The van der Waals surface area contributed by atoms with Crippen LogP contribution >= 0.6 is 0 Å². The molecule has 0 aliphatic rings. The van der Waals surface area contributed by atoms with Crippen LogP contribution in [0.1, 0.15) is 20.8 Å². The largest absolute Gasteiger partial charge is 0.317 e. The van der Waals surface area contributed by atoms with E-state index in [1.165, 1.54) is 22.0 Å². The van der Waals surface area contributed by atoms with E-state index in [4.69, 9.17) is 0 Å². The van der Waals surface area contributed by atoms with Gasteiger partial charge < -0.3 is 4.57 Å². The zero-order valence-electron chi connectivity index (χ0n) is 10.1. The minimum absolute atomic E-state index is 1.06. The standard InChI is InChI=1S/C15H17N/c1-11(2)12(3)13(4)16-10-9-14-7-5-6-8-15(14)16/h5-10H,4H2,1-3H3. The molecule has 1 aromatic carbocycles. The van der Waals surface area contributed by atoms with Crippen LogP contribution in [0.5, 0.6) is 0 Å². The van der Waals surface area contributed by atoms with E-state index in [9.17, 15) is 0 Å². The summed E-state index contributed by atoms with van der Waals surface area (Å²) in [5.41, 5.74) is 4.83. The number of benzene rings is 1. The lowest BCUT2D eigenvalue weighted by molar-refractivity contribution is 1.13. The van der Waals surface area contributed by atoms with Crippen LogP contribution in [-0.2, 0) is 0 Å². The minimum atomic E-state index is 1.06. The first-order valence-corrected chi connectivity index (χ1v) is 5.51. The molecule has 0 N–H and O–H groups in total. The highest BCUT2D eigenvalue weighted by Crippen LogP contribution is 2.24. The third-order valence-corrected chi connectivity index (χ3v) is 3.07. The van der Waals surface area contributed by atoms with Crippen LogP contribution in [0.4, 0.5) is 0 Å². The Morgan fingerprint density at radius 2 is 1.75 bits per heavy atom. The Morgan fingerprint density at radius 3 is 2.44 bits per heavy atom. The molecule has 0 aliphatic heterocycles. The van der Waals surface area contributed by atoms with Gasteiger partial charge in [-0.05, 0) is 43.9 Å². The third-order valence-electron chi connectivity index (χ3n) is 3.07. The van der Waals surface area contributed by atoms with Crippen LogP contribution in [0.3, 0.4) is 0 Å². The van der Waals surface area contributed by atoms with Gasteiger partial charge in [-0.2, -0.15) is 0 Å². The molecule has 0 unspecified atom stereocenters. The average Bonchev–Trinajstić information content (AvgIpc) is 2.70. The second kappa shape index (κ2) is 4.01. The van der Waals surface area contributed by atoms with E-state index < -0.39 is 0 Å². The normalized spacial score (nSPS) is 10.4. The summed E-state index contributed by atoms with van der Waals surface area (Å²) >= 11 is 0. The predicted octanol–water partition coefficient (Wildman–Crippen LogP) is 4.47. The summed E-state index contributed by atoms with van der Waals surface area (Å²) in [6, 6.07) is 10.5. The first-order valence-electron chi connectivity index (χ1n) is 5.51. The molecule has 0 amide bonds. The molecule has 0 saturated carbocycles. The number of nitrogens with zero attached hydrogens (tertiary/aromatic N) is 1. The van der Waals surface area contributed by atoms with Crippen LogP contribution < -0.4 is 0 Å². The van der Waals surface area contributed by atoms with Crippen molar-refractivity contribution in [3.05, 3.63) is 54.3 Å². The van der Waals surface area contributed by atoms with Gasteiger partial charge in [-0.1, -0.05) is 30.4 Å². The van der Waals surface area contributed by atoms with Gasteiger partial charge in [-0.15, -0.1) is 0 Å². The molecule has 1 heterocycles. The van der Waals surface area contributed by atoms with E-state index >= 15 is 0 Å². The molecule has 82 valence electrons. The van der Waals surface area contributed by atoms with Gasteiger partial charge in [0.15, 0.2) is 0 Å². The molecule has 0 atom stereocenters. The van der Waals surface area contributed by atoms with Gasteiger partial charge in [-0.25, -0.2) is 0 Å². The van der Waals surface area contributed by atoms with Crippen molar-refractivity contribution in [3.8, 4) is 0 Å². The van der Waals surface area contributed by atoms with Gasteiger partial charge in [0.1, 0.15) is 0 Å². The maximum absolute atomic E-state index is 4.17. The Bertz CT molecular complexity index is 566. The summed E-state index contributed by atoms with van der Waals surface area (Å²) in [4.78, 5) is 0. The van der Waals surface area contributed by atoms with Crippen LogP contribution in [0, 0.1) is 0 Å². The van der Waals surface area contributed by atoms with E-state index in [0.29, 0.717) is 0 Å². The predicted molar refractivity (Wildman–Crippen MR) is 71.3 cm³/mol. The maximum atomic E-state index is 4.17. The molecule has 1 nitrogen and oxygen atoms in total. The molecule has 2 rings (SSSR count). The molecule has 1 heteroatoms. The Balaban J connectivity index is 2.57. The number of allylic oxidation sites excluding steroid dienone is 3. The van der Waals surface area contributed by atoms with Crippen LogP contribution in [0.15, 0.2) is 54.3 Å². The van der Waals surface area contributed by atoms with Crippen molar-refractivity contribution in [2.75, 3.05) is 0 Å². The molecule has 1 aromatic heterocycles. The van der Waals surface area contributed by atoms with E-state index in [0.717, 1.165) is 5.70 Å². The van der Waals surface area contributed by atoms with E-state index in [1.54, 1.807) is 0 Å². The lowest BCUT2D eigenvalue weighted by Crippen LogP contribution is -1.96. The fourth-order valence-electron chi connectivity index (χ4n) is 1.79. The Morgan fingerprint density at radius 1 is 1.06 bits per heavy atom. The number of hydrogen-bond acceptors (Lipinski definition) is 0. The van der Waals surface area contributed by atoms with Crippen LogP contribution in [0.25, 0.3) is 16.6 Å². The summed E-state index contributed by atoms with van der Waals surface area (Å²) < 4.78 is 2.15. The molecule has 2 aromatic rings. The van der Waals surface area contributed by atoms with Crippen molar-refractivity contribution in [3.63, 3.8) is 0 Å². The number of fused-ring (bicyclic) bond motifs is 1. The van der Waals surface area contributed by atoms with Crippen molar-refractivity contribution in [2.24, 2.45) is 0 Å². The lowest BCUT2D eigenvalue weighted by atomic mass is 10.1. The van der Waals surface area contributed by atoms with Gasteiger partial charge in [0, 0.05) is 11.9 Å². The molecule has 0 spiro atoms. The fourth-order valence-corrected chi connectivity index (χ4v) is 1.79. The SMILES string of the molecule is C=C(C(C)=C(C)C)n1ccc2ccccc21. The topological polar surface area (TPSA) is 4.93 Å². The molecule has 0 aliphatic carbocycles. The fraction of sp³-hybridized carbons (Fsp3) is 0.200. The third kappa shape index (κ3) is 1.69. The van der Waals surface area contributed by atoms with E-state index in [2.05, 4.69) is 68.4 Å². The second-order valence-corrected chi connectivity index (χ2v) is 4.32. The first kappa shape index (κ1) is 10.7. The molecule has 0 radical (unpaired) electrons. The summed E-state index contributed by atoms with van der Waals surface area (Å²) in [5, 5.41) is 1.25. The number of rotatable bonds is 2. The summed E-state index contributed by atoms with van der Waals surface area (Å²) in [7, 11) is 0. The van der Waals surface area contributed by atoms with Gasteiger partial charge in [0.05, 0.1) is 5.52 Å². The van der Waals surface area contributed by atoms with Crippen molar-refractivity contribution >= 4 is 16.6 Å². The highest BCUT2D eigenvalue weighted by atomic mass is 15.0. The Hall–Kier alpha value is -1.76. The number of para-hydroxylation sites is 1. The maximum Gasteiger partial charge on any atom is 0.0528 e. The summed E-state index contributed by atoms with van der Waals surface area (Å²) in [6.07, 6.45) is 2.08. The van der Waals surface area contributed by atoms with Crippen molar-refractivity contribution in [1.82, 2.24) is 4.57 Å². The highest BCUT2D eigenvalue weighted by molar-refractivity contribution is 5.85. The van der Waals surface area contributed by atoms with Crippen LogP contribution in [-0.4, -0.2) is 4.57 Å². The van der Waals surface area contributed by atoms with Crippen molar-refractivity contribution in [2.45, 2.75) is 20.8 Å². The Kier molecular flexibility index (Phi) is 2.69. The van der Waals surface area contributed by atoms with Gasteiger partial charge >= 0.3 is 0 Å². The smallest absolute Gasteiger partial charge is 0.0528 e. The molecule has 0 fully saturated rings. The monoisotopic (exact) mass is 211 g/mol. The average molecular weight is 211 g/mol. The zero-order chi connectivity index (χ0) is 11.7. The van der Waals surface area contributed by atoms with Crippen molar-refractivity contribution < 1.29 is 0 Å². The molecule has 0 saturated heterocycles. The summed E-state index contributed by atoms with van der Waals surface area (Å²) in [5.74, 6) is 0. The quantitative estimate of drug-likeness (QED) is 0.646. The molecular formula is C15H17N. The zero-order valence-corrected chi connectivity index (χ0v) is 10.1. The van der Waals surface area contributed by atoms with E-state index in [1.807, 2.05) is 0 Å². The van der Waals surface area contributed by atoms with Gasteiger partial charge in [0.2, 0.25) is 0 Å². The van der Waals surface area contributed by atoms with Gasteiger partial charge in [-0.3, -0.25) is 0 Å². The first-order chi connectivity index (χ1) is 7.61. The molecule has 16 heavy (non-hydrogen) atoms. The van der Waals surface area contributed by atoms with Crippen molar-refractivity contribution in [1.29, 1.82) is 0 Å². The van der Waals surface area contributed by atoms with Crippen LogP contribution in [0.2, 0.25) is 0 Å². The highest BCUT2D eigenvalue weighted by Gasteiger charge is 2.05. The number of aromatic nitrogens is 1. The Labute approximate surface area is 96.7 Å². The summed E-state index contributed by atoms with van der Waals surface area (Å²) in [6.45, 7) is 10.5. The van der Waals surface area contributed by atoms with E-state index in [-0.39, 0.29) is 0 Å². The lowest BCUT2D eigenvalue weighted by Gasteiger charge is -2.11. The minimum Gasteiger partial charge on any atom is -0.317 e. The molecule has 0 bridgehead atoms. The number of hydrogen-bond donors (Lipinski definition) is 0.